The topological polar surface area (TPSA) is 46.3 Å². The van der Waals surface area contributed by atoms with Crippen LogP contribution in [0.5, 0.6) is 0 Å². The van der Waals surface area contributed by atoms with Gasteiger partial charge in [-0.05, 0) is 37.3 Å². The van der Waals surface area contributed by atoms with Gasteiger partial charge in [0.2, 0.25) is 5.91 Å². The van der Waals surface area contributed by atoms with Gasteiger partial charge in [-0.25, -0.2) is 0 Å². The normalized spacial score (nSPS) is 22.9. The van der Waals surface area contributed by atoms with Crippen molar-refractivity contribution < 1.29 is 4.79 Å². The minimum absolute atomic E-state index is 0.187. The molecule has 0 heterocycles. The van der Waals surface area contributed by atoms with Gasteiger partial charge in [0, 0.05) is 19.0 Å². The van der Waals surface area contributed by atoms with Gasteiger partial charge in [0.1, 0.15) is 0 Å². The zero-order valence-corrected chi connectivity index (χ0v) is 11.9. The van der Waals surface area contributed by atoms with Crippen molar-refractivity contribution in [3.05, 3.63) is 35.9 Å². The molecule has 0 spiro atoms. The molecule has 1 aliphatic carbocycles. The van der Waals surface area contributed by atoms with E-state index in [1.165, 1.54) is 5.56 Å². The van der Waals surface area contributed by atoms with Crippen LogP contribution in [-0.2, 0) is 4.79 Å². The number of rotatable bonds is 6. The summed E-state index contributed by atoms with van der Waals surface area (Å²) in [5, 5.41) is 0. The van der Waals surface area contributed by atoms with E-state index in [9.17, 15) is 4.79 Å². The summed E-state index contributed by atoms with van der Waals surface area (Å²) < 4.78 is 0. The minimum atomic E-state index is 0.187. The largest absolute Gasteiger partial charge is 0.342 e. The highest BCUT2D eigenvalue weighted by Crippen LogP contribution is 2.48. The van der Waals surface area contributed by atoms with E-state index in [1.54, 1.807) is 0 Å². The summed E-state index contributed by atoms with van der Waals surface area (Å²) in [6.07, 6.45) is 0.996. The fourth-order valence-corrected chi connectivity index (χ4v) is 2.60. The van der Waals surface area contributed by atoms with E-state index in [4.69, 9.17) is 5.73 Å². The molecule has 3 atom stereocenters. The fourth-order valence-electron chi connectivity index (χ4n) is 2.60. The standard InChI is InChI=1S/C16H24N2O/c1-3-18(11-12(2)10-17)16(19)15-9-14(15)13-7-5-4-6-8-13/h4-8,12,14-15H,3,9-11,17H2,1-2H3. The summed E-state index contributed by atoms with van der Waals surface area (Å²) in [6.45, 7) is 6.33. The predicted octanol–water partition coefficient (Wildman–Crippen LogP) is 2.23. The highest BCUT2D eigenvalue weighted by molar-refractivity contribution is 5.83. The molecular formula is C16H24N2O. The van der Waals surface area contributed by atoms with Gasteiger partial charge in [-0.15, -0.1) is 0 Å². The van der Waals surface area contributed by atoms with Crippen LogP contribution in [0.1, 0.15) is 31.7 Å². The number of nitrogens with two attached hydrogens (primary N) is 1. The van der Waals surface area contributed by atoms with Gasteiger partial charge in [-0.2, -0.15) is 0 Å². The van der Waals surface area contributed by atoms with Crippen LogP contribution in [0.4, 0.5) is 0 Å². The molecule has 3 unspecified atom stereocenters. The second kappa shape index (κ2) is 6.20. The second-order valence-corrected chi connectivity index (χ2v) is 5.58. The molecule has 1 saturated carbocycles. The molecule has 2 N–H and O–H groups in total. The van der Waals surface area contributed by atoms with Crippen molar-refractivity contribution >= 4 is 5.91 Å². The lowest BCUT2D eigenvalue weighted by Gasteiger charge is -2.24. The van der Waals surface area contributed by atoms with E-state index >= 15 is 0 Å². The van der Waals surface area contributed by atoms with Gasteiger partial charge in [-0.1, -0.05) is 37.3 Å². The summed E-state index contributed by atoms with van der Waals surface area (Å²) in [5.74, 6) is 1.29. The van der Waals surface area contributed by atoms with Crippen LogP contribution >= 0.6 is 0 Å². The molecule has 1 aromatic rings. The Hall–Kier alpha value is -1.35. The molecule has 1 fully saturated rings. The first-order chi connectivity index (χ1) is 9.17. The minimum Gasteiger partial charge on any atom is -0.342 e. The maximum absolute atomic E-state index is 12.5. The summed E-state index contributed by atoms with van der Waals surface area (Å²) in [7, 11) is 0. The molecule has 0 aromatic heterocycles. The maximum atomic E-state index is 12.5. The first kappa shape index (κ1) is 14.1. The average Bonchev–Trinajstić information content (AvgIpc) is 3.25. The van der Waals surface area contributed by atoms with E-state index in [1.807, 2.05) is 30.0 Å². The van der Waals surface area contributed by atoms with Crippen molar-refractivity contribution in [2.75, 3.05) is 19.6 Å². The lowest BCUT2D eigenvalue weighted by Crippen LogP contribution is -2.37. The monoisotopic (exact) mass is 260 g/mol. The molecule has 0 bridgehead atoms. The van der Waals surface area contributed by atoms with Gasteiger partial charge in [-0.3, -0.25) is 4.79 Å². The lowest BCUT2D eigenvalue weighted by molar-refractivity contribution is -0.133. The molecule has 19 heavy (non-hydrogen) atoms. The van der Waals surface area contributed by atoms with Crippen molar-refractivity contribution in [3.63, 3.8) is 0 Å². The van der Waals surface area contributed by atoms with Gasteiger partial charge in [0.05, 0.1) is 0 Å². The molecule has 1 aliphatic rings. The maximum Gasteiger partial charge on any atom is 0.226 e. The Labute approximate surface area is 115 Å². The Morgan fingerprint density at radius 1 is 1.42 bits per heavy atom. The van der Waals surface area contributed by atoms with Crippen molar-refractivity contribution in [1.29, 1.82) is 0 Å². The molecule has 2 rings (SSSR count). The van der Waals surface area contributed by atoms with E-state index in [-0.39, 0.29) is 5.92 Å². The highest BCUT2D eigenvalue weighted by atomic mass is 16.2. The van der Waals surface area contributed by atoms with E-state index in [2.05, 4.69) is 19.1 Å². The molecule has 0 radical (unpaired) electrons. The molecule has 3 heteroatoms. The van der Waals surface area contributed by atoms with E-state index < -0.39 is 0 Å². The van der Waals surface area contributed by atoms with Crippen molar-refractivity contribution in [3.8, 4) is 0 Å². The third-order valence-corrected chi connectivity index (χ3v) is 3.96. The van der Waals surface area contributed by atoms with Crippen LogP contribution in [0, 0.1) is 11.8 Å². The summed E-state index contributed by atoms with van der Waals surface area (Å²) in [4.78, 5) is 14.4. The smallest absolute Gasteiger partial charge is 0.226 e. The SMILES string of the molecule is CCN(CC(C)CN)C(=O)C1CC1c1ccccc1. The first-order valence-electron chi connectivity index (χ1n) is 7.21. The van der Waals surface area contributed by atoms with Crippen molar-refractivity contribution in [2.45, 2.75) is 26.2 Å². The Morgan fingerprint density at radius 3 is 2.68 bits per heavy atom. The Morgan fingerprint density at radius 2 is 2.11 bits per heavy atom. The van der Waals surface area contributed by atoms with Gasteiger partial charge < -0.3 is 10.6 Å². The highest BCUT2D eigenvalue weighted by Gasteiger charge is 2.45. The van der Waals surface area contributed by atoms with Gasteiger partial charge in [0.15, 0.2) is 0 Å². The molecule has 104 valence electrons. The van der Waals surface area contributed by atoms with Crippen LogP contribution in [0.15, 0.2) is 30.3 Å². The van der Waals surface area contributed by atoms with Crippen LogP contribution in [0.3, 0.4) is 0 Å². The van der Waals surface area contributed by atoms with Crippen LogP contribution < -0.4 is 5.73 Å². The Bertz CT molecular complexity index is 418. The number of nitrogens with zero attached hydrogens (tertiary/aromatic N) is 1. The fraction of sp³-hybridized carbons (Fsp3) is 0.562. The predicted molar refractivity (Wildman–Crippen MR) is 77.8 cm³/mol. The van der Waals surface area contributed by atoms with E-state index in [0.717, 1.165) is 19.5 Å². The Balaban J connectivity index is 1.94. The molecule has 3 nitrogen and oxygen atoms in total. The number of benzene rings is 1. The third-order valence-electron chi connectivity index (χ3n) is 3.96. The summed E-state index contributed by atoms with van der Waals surface area (Å²) >= 11 is 0. The third kappa shape index (κ3) is 3.35. The number of amides is 1. The van der Waals surface area contributed by atoms with Crippen molar-refractivity contribution in [2.24, 2.45) is 17.6 Å². The zero-order valence-electron chi connectivity index (χ0n) is 11.9. The first-order valence-corrected chi connectivity index (χ1v) is 7.21. The quantitative estimate of drug-likeness (QED) is 0.852. The lowest BCUT2D eigenvalue weighted by atomic mass is 10.1. The molecule has 1 amide bonds. The van der Waals surface area contributed by atoms with Crippen LogP contribution in [-0.4, -0.2) is 30.4 Å². The van der Waals surface area contributed by atoms with E-state index in [0.29, 0.717) is 24.3 Å². The summed E-state index contributed by atoms with van der Waals surface area (Å²) in [5.41, 5.74) is 6.94. The molecular weight excluding hydrogens is 236 g/mol. The zero-order chi connectivity index (χ0) is 13.8. The van der Waals surface area contributed by atoms with Gasteiger partial charge in [0.25, 0.3) is 0 Å². The van der Waals surface area contributed by atoms with Crippen molar-refractivity contribution in [1.82, 2.24) is 4.90 Å². The molecule has 0 aliphatic heterocycles. The average molecular weight is 260 g/mol. The van der Waals surface area contributed by atoms with Gasteiger partial charge >= 0.3 is 0 Å². The number of carbonyl (C=O) groups is 1. The van der Waals surface area contributed by atoms with Crippen LogP contribution in [0.2, 0.25) is 0 Å². The number of hydrogen-bond acceptors (Lipinski definition) is 2. The summed E-state index contributed by atoms with van der Waals surface area (Å²) in [6, 6.07) is 10.4. The van der Waals surface area contributed by atoms with Crippen LogP contribution in [0.25, 0.3) is 0 Å². The number of hydrogen-bond donors (Lipinski definition) is 1. The molecule has 0 saturated heterocycles. The number of carbonyl (C=O) groups excluding carboxylic acids is 1. The molecule has 1 aromatic carbocycles. The Kier molecular flexibility index (Phi) is 4.59. The second-order valence-electron chi connectivity index (χ2n) is 5.58.